The molecule has 0 radical (unpaired) electrons. The normalized spacial score (nSPS) is 13.9. The maximum Gasteiger partial charge on any atom is 0.254 e. The number of nitrogens with one attached hydrogen (secondary N) is 1. The molecule has 8 nitrogen and oxygen atoms in total. The molecule has 0 spiro atoms. The van der Waals surface area contributed by atoms with Gasteiger partial charge in [-0.15, -0.1) is 0 Å². The van der Waals surface area contributed by atoms with Crippen LogP contribution in [-0.4, -0.2) is 65.9 Å². The Morgan fingerprint density at radius 3 is 2.08 bits per heavy atom. The number of aliphatic hydroxyl groups excluding tert-OH is 2. The molecule has 3 atom stereocenters. The highest BCUT2D eigenvalue weighted by Gasteiger charge is 2.36. The minimum absolute atomic E-state index is 0. The summed E-state index contributed by atoms with van der Waals surface area (Å²) in [5.41, 5.74) is 5.28. The van der Waals surface area contributed by atoms with Crippen molar-refractivity contribution in [3.63, 3.8) is 0 Å². The van der Waals surface area contributed by atoms with Crippen LogP contribution in [0.2, 0.25) is 0 Å². The van der Waals surface area contributed by atoms with Crippen LogP contribution in [0.1, 0.15) is 41.9 Å². The van der Waals surface area contributed by atoms with Gasteiger partial charge in [0, 0.05) is 18.7 Å². The molecule has 6 rings (SSSR count). The molecule has 3 unspecified atom stereocenters. The van der Waals surface area contributed by atoms with Gasteiger partial charge in [-0.2, -0.15) is 0 Å². The van der Waals surface area contributed by atoms with E-state index in [-0.39, 0.29) is 27.8 Å². The number of rotatable bonds is 10. The number of amides is 2. The molecule has 5 aromatic rings. The van der Waals surface area contributed by atoms with Gasteiger partial charge in [0.1, 0.15) is 6.10 Å². The third kappa shape index (κ3) is 7.94. The van der Waals surface area contributed by atoms with Gasteiger partial charge < -0.3 is 29.9 Å². The first kappa shape index (κ1) is 36.7. The van der Waals surface area contributed by atoms with Gasteiger partial charge in [-0.3, -0.25) is 9.59 Å². The van der Waals surface area contributed by atoms with E-state index in [4.69, 9.17) is 9.47 Å². The number of carbonyl (C=O) groups is 2. The zero-order chi connectivity index (χ0) is 32.9. The lowest BCUT2D eigenvalue weighted by atomic mass is 9.94. The Kier molecular flexibility index (Phi) is 12.2. The van der Waals surface area contributed by atoms with Crippen molar-refractivity contribution < 1.29 is 29.3 Å². The van der Waals surface area contributed by atoms with Crippen LogP contribution in [0.15, 0.2) is 109 Å². The first-order valence-electron chi connectivity index (χ1n) is 15.7. The van der Waals surface area contributed by atoms with Crippen LogP contribution in [0.3, 0.4) is 0 Å². The van der Waals surface area contributed by atoms with Crippen molar-refractivity contribution in [2.45, 2.75) is 52.5 Å². The van der Waals surface area contributed by atoms with Gasteiger partial charge in [0.05, 0.1) is 20.3 Å². The Labute approximate surface area is 288 Å². The van der Waals surface area contributed by atoms with Crippen LogP contribution in [0.25, 0.3) is 21.9 Å². The number of methoxy groups -OCH3 is 2. The lowest BCUT2D eigenvalue weighted by Crippen LogP contribution is -2.55. The van der Waals surface area contributed by atoms with Crippen LogP contribution < -0.4 is 14.8 Å². The molecule has 5 aromatic carbocycles. The van der Waals surface area contributed by atoms with E-state index in [9.17, 15) is 19.8 Å². The second-order valence-electron chi connectivity index (χ2n) is 11.8. The van der Waals surface area contributed by atoms with E-state index < -0.39 is 30.1 Å². The Bertz CT molecular complexity index is 1870. The number of hydrogen-bond acceptors (Lipinski definition) is 6. The number of ether oxygens (including phenoxy) is 2. The minimum atomic E-state index is -1.77. The second-order valence-corrected chi connectivity index (χ2v) is 11.8. The summed E-state index contributed by atoms with van der Waals surface area (Å²) in [7, 11) is 3.13. The van der Waals surface area contributed by atoms with E-state index in [0.717, 1.165) is 38.6 Å². The summed E-state index contributed by atoms with van der Waals surface area (Å²) in [5, 5.41) is 27.5. The fourth-order valence-electron chi connectivity index (χ4n) is 6.27. The molecule has 1 aliphatic rings. The Morgan fingerprint density at radius 2 is 1.39 bits per heavy atom. The molecule has 0 bridgehead atoms. The number of hydrogen-bond donors (Lipinski definition) is 3. The number of benzene rings is 5. The van der Waals surface area contributed by atoms with Gasteiger partial charge >= 0.3 is 0 Å². The predicted octanol–water partition coefficient (Wildman–Crippen LogP) is 6.44. The number of fused-ring (bicyclic) bond motifs is 2. The molecule has 0 saturated heterocycles. The van der Waals surface area contributed by atoms with Crippen molar-refractivity contribution in [1.29, 1.82) is 0 Å². The maximum absolute atomic E-state index is 13.7. The summed E-state index contributed by atoms with van der Waals surface area (Å²) >= 11 is 0. The van der Waals surface area contributed by atoms with Crippen LogP contribution in [0, 0.1) is 0 Å². The van der Waals surface area contributed by atoms with E-state index in [1.54, 1.807) is 20.3 Å². The third-order valence-corrected chi connectivity index (χ3v) is 8.89. The maximum atomic E-state index is 13.7. The zero-order valence-electron chi connectivity index (χ0n) is 26.4. The Balaban J connectivity index is 0.00000270. The molecule has 3 N–H and O–H groups in total. The number of aliphatic hydroxyl groups is 2. The van der Waals surface area contributed by atoms with Gasteiger partial charge in [0.25, 0.3) is 11.8 Å². The van der Waals surface area contributed by atoms with Crippen molar-refractivity contribution >= 4 is 22.6 Å². The summed E-state index contributed by atoms with van der Waals surface area (Å²) in [4.78, 5) is 28.9. The minimum Gasteiger partial charge on any atom is -0.493 e. The standard InChI is InChI=1S/C39H38N2O6.2CH4/c1-46-34-22-29-19-20-41(24-30(29)23-35(34)47-2)39(45)37(43)36(42)33(21-25-15-17-27(18-16-25)26-9-4-3-5-10-26)40-38(44)32-14-8-12-28-11-6-7-13-31(28)32;;/h3-18,22-23,33,36-37,42-43H,19-21,24H2,1-2H3,(H,40,44);2*1H4. The molecule has 2 amide bonds. The predicted molar refractivity (Wildman–Crippen MR) is 195 cm³/mol. The van der Waals surface area contributed by atoms with E-state index in [2.05, 4.69) is 5.32 Å². The fraction of sp³-hybridized carbons (Fsp3) is 0.268. The average molecular weight is 663 g/mol. The first-order valence-corrected chi connectivity index (χ1v) is 15.7. The summed E-state index contributed by atoms with van der Waals surface area (Å²) in [5.74, 6) is 0.153. The zero-order valence-corrected chi connectivity index (χ0v) is 26.4. The SMILES string of the molecule is C.C.COc1cc2c(cc1OC)CN(C(=O)C(O)C(O)C(Cc1ccc(-c3ccccc3)cc1)NC(=O)c1cccc3ccccc13)CC2. The molecule has 49 heavy (non-hydrogen) atoms. The monoisotopic (exact) mass is 662 g/mol. The van der Waals surface area contributed by atoms with Crippen molar-refractivity contribution in [2.75, 3.05) is 20.8 Å². The molecule has 0 aromatic heterocycles. The van der Waals surface area contributed by atoms with E-state index in [1.165, 1.54) is 4.90 Å². The van der Waals surface area contributed by atoms with Gasteiger partial charge in [-0.25, -0.2) is 0 Å². The van der Waals surface area contributed by atoms with E-state index in [1.807, 2.05) is 103 Å². The van der Waals surface area contributed by atoms with Crippen LogP contribution in [0.5, 0.6) is 11.5 Å². The fourth-order valence-corrected chi connectivity index (χ4v) is 6.27. The molecule has 1 heterocycles. The summed E-state index contributed by atoms with van der Waals surface area (Å²) in [6.07, 6.45) is -2.60. The van der Waals surface area contributed by atoms with Gasteiger partial charge in [0.15, 0.2) is 17.6 Å². The van der Waals surface area contributed by atoms with Crippen molar-refractivity contribution in [3.05, 3.63) is 131 Å². The van der Waals surface area contributed by atoms with Crippen LogP contribution in [0.4, 0.5) is 0 Å². The molecular weight excluding hydrogens is 616 g/mol. The molecule has 1 aliphatic heterocycles. The number of nitrogens with zero attached hydrogens (tertiary/aromatic N) is 1. The first-order chi connectivity index (χ1) is 22.9. The molecular formula is C41H46N2O6. The third-order valence-electron chi connectivity index (χ3n) is 8.89. The smallest absolute Gasteiger partial charge is 0.254 e. The summed E-state index contributed by atoms with van der Waals surface area (Å²) in [6.45, 7) is 0.603. The molecule has 0 aliphatic carbocycles. The van der Waals surface area contributed by atoms with Crippen molar-refractivity contribution in [3.8, 4) is 22.6 Å². The molecule has 256 valence electrons. The van der Waals surface area contributed by atoms with Crippen LogP contribution in [-0.2, 0) is 24.2 Å². The Morgan fingerprint density at radius 1 is 0.776 bits per heavy atom. The highest BCUT2D eigenvalue weighted by molar-refractivity contribution is 6.07. The van der Waals surface area contributed by atoms with E-state index >= 15 is 0 Å². The summed E-state index contributed by atoms with van der Waals surface area (Å²) < 4.78 is 10.9. The number of carbonyl (C=O) groups excluding carboxylic acids is 2. The molecule has 8 heteroatoms. The highest BCUT2D eigenvalue weighted by Crippen LogP contribution is 2.33. The Hall–Kier alpha value is -5.18. The topological polar surface area (TPSA) is 108 Å². The van der Waals surface area contributed by atoms with Crippen molar-refractivity contribution in [2.24, 2.45) is 0 Å². The van der Waals surface area contributed by atoms with Crippen molar-refractivity contribution in [1.82, 2.24) is 10.2 Å². The lowest BCUT2D eigenvalue weighted by molar-refractivity contribution is -0.148. The molecule has 0 saturated carbocycles. The van der Waals surface area contributed by atoms with Gasteiger partial charge in [-0.05, 0) is 69.6 Å². The van der Waals surface area contributed by atoms with E-state index in [0.29, 0.717) is 30.0 Å². The molecule has 0 fully saturated rings. The van der Waals surface area contributed by atoms with Crippen LogP contribution >= 0.6 is 0 Å². The second kappa shape index (κ2) is 16.3. The largest absolute Gasteiger partial charge is 0.493 e. The highest BCUT2D eigenvalue weighted by atomic mass is 16.5. The summed E-state index contributed by atoms with van der Waals surface area (Å²) in [6, 6.07) is 33.6. The van der Waals surface area contributed by atoms with Gasteiger partial charge in [-0.1, -0.05) is 106 Å². The quantitative estimate of drug-likeness (QED) is 0.159. The van der Waals surface area contributed by atoms with Gasteiger partial charge in [0.2, 0.25) is 0 Å². The average Bonchev–Trinajstić information content (AvgIpc) is 3.13. The lowest BCUT2D eigenvalue weighted by Gasteiger charge is -2.34.